The van der Waals surface area contributed by atoms with Crippen molar-refractivity contribution in [3.8, 4) is 6.07 Å². The molecule has 30 heavy (non-hydrogen) atoms. The number of rotatable bonds is 5. The smallest absolute Gasteiger partial charge is 0.368 e. The summed E-state index contributed by atoms with van der Waals surface area (Å²) in [4.78, 5) is 24.0. The quantitative estimate of drug-likeness (QED) is 0.713. The van der Waals surface area contributed by atoms with Gasteiger partial charge >= 0.3 is 12.4 Å². The van der Waals surface area contributed by atoms with E-state index in [4.69, 9.17) is 11.0 Å². The standard InChI is InChI=1S/C19H13F6N3O2/c20-18(21,22)13-6-12(7-14(8-13)19(23,24)25)17(30)28-15(16(27)29)5-10-2-1-3-11(4-10)9-26/h1-4,6-8,15H,5H2,(H2,27,29)(H,28,30)/t15-/m1/s1. The molecule has 5 nitrogen and oxygen atoms in total. The van der Waals surface area contributed by atoms with Crippen molar-refractivity contribution in [3.05, 3.63) is 70.3 Å². The van der Waals surface area contributed by atoms with Crippen LogP contribution in [0.2, 0.25) is 0 Å². The Morgan fingerprint density at radius 1 is 1.00 bits per heavy atom. The van der Waals surface area contributed by atoms with Gasteiger partial charge in [0.1, 0.15) is 6.04 Å². The van der Waals surface area contributed by atoms with E-state index < -0.39 is 46.9 Å². The summed E-state index contributed by atoms with van der Waals surface area (Å²) in [5, 5.41) is 10.9. The van der Waals surface area contributed by atoms with Gasteiger partial charge in [0.15, 0.2) is 0 Å². The van der Waals surface area contributed by atoms with E-state index in [9.17, 15) is 35.9 Å². The zero-order chi connectivity index (χ0) is 22.7. The molecule has 2 amide bonds. The summed E-state index contributed by atoms with van der Waals surface area (Å²) < 4.78 is 77.7. The number of benzene rings is 2. The van der Waals surface area contributed by atoms with Gasteiger partial charge < -0.3 is 11.1 Å². The van der Waals surface area contributed by atoms with Crippen molar-refractivity contribution in [3.63, 3.8) is 0 Å². The highest BCUT2D eigenvalue weighted by Gasteiger charge is 2.37. The van der Waals surface area contributed by atoms with Crippen molar-refractivity contribution in [1.29, 1.82) is 5.26 Å². The van der Waals surface area contributed by atoms with Crippen molar-refractivity contribution >= 4 is 11.8 Å². The molecular formula is C19H13F6N3O2. The van der Waals surface area contributed by atoms with Crippen LogP contribution in [0.5, 0.6) is 0 Å². The highest BCUT2D eigenvalue weighted by molar-refractivity contribution is 5.97. The van der Waals surface area contributed by atoms with E-state index in [-0.39, 0.29) is 30.2 Å². The van der Waals surface area contributed by atoms with Crippen LogP contribution in [0.25, 0.3) is 0 Å². The highest BCUT2D eigenvalue weighted by Crippen LogP contribution is 2.36. The Kier molecular flexibility index (Phi) is 6.40. The number of alkyl halides is 6. The van der Waals surface area contributed by atoms with Crippen LogP contribution < -0.4 is 11.1 Å². The highest BCUT2D eigenvalue weighted by atomic mass is 19.4. The molecule has 158 valence electrons. The largest absolute Gasteiger partial charge is 0.416 e. The summed E-state index contributed by atoms with van der Waals surface area (Å²) >= 11 is 0. The second-order valence-corrected chi connectivity index (χ2v) is 6.24. The van der Waals surface area contributed by atoms with Crippen LogP contribution in [0.1, 0.15) is 32.6 Å². The number of nitrogens with one attached hydrogen (secondary N) is 1. The number of amides is 2. The molecule has 1 atom stereocenters. The predicted octanol–water partition coefficient (Wildman–Crippen LogP) is 3.42. The van der Waals surface area contributed by atoms with Gasteiger partial charge in [-0.05, 0) is 35.9 Å². The van der Waals surface area contributed by atoms with Gasteiger partial charge in [-0.1, -0.05) is 12.1 Å². The summed E-state index contributed by atoms with van der Waals surface area (Å²) in [6, 6.07) is 6.69. The SMILES string of the molecule is N#Cc1cccc(C[C@@H](NC(=O)c2cc(C(F)(F)F)cc(C(F)(F)F)c2)C(N)=O)c1. The van der Waals surface area contributed by atoms with Crippen LogP contribution in [-0.4, -0.2) is 17.9 Å². The molecule has 2 aromatic rings. The first-order valence-electron chi connectivity index (χ1n) is 8.20. The Balaban J connectivity index is 2.35. The molecule has 0 heterocycles. The molecule has 0 aliphatic rings. The minimum absolute atomic E-state index is 0.115. The molecule has 0 aliphatic heterocycles. The molecule has 3 N–H and O–H groups in total. The molecule has 0 unspecified atom stereocenters. The van der Waals surface area contributed by atoms with Gasteiger partial charge in [-0.2, -0.15) is 31.6 Å². The number of nitriles is 1. The van der Waals surface area contributed by atoms with Crippen molar-refractivity contribution in [2.45, 2.75) is 24.8 Å². The molecule has 0 saturated carbocycles. The number of primary amides is 1. The van der Waals surface area contributed by atoms with Crippen molar-refractivity contribution in [2.75, 3.05) is 0 Å². The minimum atomic E-state index is -5.13. The fourth-order valence-electron chi connectivity index (χ4n) is 2.55. The lowest BCUT2D eigenvalue weighted by atomic mass is 10.0. The average molecular weight is 429 g/mol. The number of nitrogens with two attached hydrogens (primary N) is 1. The maximum absolute atomic E-state index is 12.9. The molecule has 11 heteroatoms. The van der Waals surface area contributed by atoms with Gasteiger partial charge in [0.25, 0.3) is 5.91 Å². The number of hydrogen-bond donors (Lipinski definition) is 2. The van der Waals surface area contributed by atoms with E-state index in [1.54, 1.807) is 0 Å². The van der Waals surface area contributed by atoms with E-state index in [2.05, 4.69) is 0 Å². The zero-order valence-electron chi connectivity index (χ0n) is 14.9. The van der Waals surface area contributed by atoms with Crippen LogP contribution in [0.15, 0.2) is 42.5 Å². The predicted molar refractivity (Wildman–Crippen MR) is 91.8 cm³/mol. The fourth-order valence-corrected chi connectivity index (χ4v) is 2.55. The van der Waals surface area contributed by atoms with Crippen LogP contribution in [-0.2, 0) is 23.6 Å². The third-order valence-electron chi connectivity index (χ3n) is 3.99. The lowest BCUT2D eigenvalue weighted by Gasteiger charge is -2.18. The Morgan fingerprint density at radius 3 is 2.03 bits per heavy atom. The number of halogens is 6. The normalized spacial score (nSPS) is 12.7. The molecule has 0 bridgehead atoms. The first kappa shape index (κ1) is 22.7. The number of carbonyl (C=O) groups is 2. The van der Waals surface area contributed by atoms with Crippen LogP contribution in [0, 0.1) is 11.3 Å². The zero-order valence-corrected chi connectivity index (χ0v) is 14.9. The Labute approximate surface area is 166 Å². The van der Waals surface area contributed by atoms with Gasteiger partial charge in [0, 0.05) is 12.0 Å². The van der Waals surface area contributed by atoms with E-state index in [0.717, 1.165) is 0 Å². The van der Waals surface area contributed by atoms with Gasteiger partial charge in [-0.15, -0.1) is 0 Å². The fraction of sp³-hybridized carbons (Fsp3) is 0.211. The monoisotopic (exact) mass is 429 g/mol. The number of carbonyl (C=O) groups excluding carboxylic acids is 2. The van der Waals surface area contributed by atoms with Crippen LogP contribution in [0.4, 0.5) is 26.3 Å². The summed E-state index contributed by atoms with van der Waals surface area (Å²) in [7, 11) is 0. The first-order valence-corrected chi connectivity index (χ1v) is 8.20. The molecular weight excluding hydrogens is 416 g/mol. The third-order valence-corrected chi connectivity index (χ3v) is 3.99. The molecule has 0 aliphatic carbocycles. The molecule has 2 rings (SSSR count). The van der Waals surface area contributed by atoms with Crippen LogP contribution >= 0.6 is 0 Å². The molecule has 0 saturated heterocycles. The van der Waals surface area contributed by atoms with Crippen LogP contribution in [0.3, 0.4) is 0 Å². The summed E-state index contributed by atoms with van der Waals surface area (Å²) in [5.41, 5.74) is 1.58. The minimum Gasteiger partial charge on any atom is -0.368 e. The number of hydrogen-bond acceptors (Lipinski definition) is 3. The molecule has 0 fully saturated rings. The summed E-state index contributed by atoms with van der Waals surface area (Å²) in [6.45, 7) is 0. The first-order chi connectivity index (χ1) is 13.8. The Bertz CT molecular complexity index is 976. The van der Waals surface area contributed by atoms with Gasteiger partial charge in [0.2, 0.25) is 5.91 Å². The third kappa shape index (κ3) is 5.73. The van der Waals surface area contributed by atoms with E-state index >= 15 is 0 Å². The van der Waals surface area contributed by atoms with Gasteiger partial charge in [0.05, 0.1) is 22.8 Å². The Hall–Kier alpha value is -3.55. The molecule has 0 radical (unpaired) electrons. The van der Waals surface area contributed by atoms with Gasteiger partial charge in [-0.25, -0.2) is 0 Å². The molecule has 0 spiro atoms. The topological polar surface area (TPSA) is 96.0 Å². The second-order valence-electron chi connectivity index (χ2n) is 6.24. The number of nitrogens with zero attached hydrogens (tertiary/aromatic N) is 1. The summed E-state index contributed by atoms with van der Waals surface area (Å²) in [5.74, 6) is -2.40. The van der Waals surface area contributed by atoms with Crippen molar-refractivity contribution in [2.24, 2.45) is 5.73 Å². The van der Waals surface area contributed by atoms with Crippen molar-refractivity contribution in [1.82, 2.24) is 5.32 Å². The Morgan fingerprint density at radius 2 is 1.57 bits per heavy atom. The average Bonchev–Trinajstić information content (AvgIpc) is 2.65. The van der Waals surface area contributed by atoms with Gasteiger partial charge in [-0.3, -0.25) is 9.59 Å². The lowest BCUT2D eigenvalue weighted by Crippen LogP contribution is -2.46. The molecule has 2 aromatic carbocycles. The van der Waals surface area contributed by atoms with E-state index in [0.29, 0.717) is 5.56 Å². The second kappa shape index (κ2) is 8.44. The summed E-state index contributed by atoms with van der Waals surface area (Å²) in [6.07, 6.45) is -10.5. The lowest BCUT2D eigenvalue weighted by molar-refractivity contribution is -0.143. The van der Waals surface area contributed by atoms with E-state index in [1.165, 1.54) is 24.3 Å². The maximum atomic E-state index is 12.9. The maximum Gasteiger partial charge on any atom is 0.416 e. The van der Waals surface area contributed by atoms with Crippen molar-refractivity contribution < 1.29 is 35.9 Å². The van der Waals surface area contributed by atoms with E-state index in [1.807, 2.05) is 11.4 Å². The molecule has 0 aromatic heterocycles.